The molecule has 0 bridgehead atoms. The van der Waals surface area contributed by atoms with E-state index in [1.54, 1.807) is 42.5 Å². The molecule has 3 rings (SSSR count). The van der Waals surface area contributed by atoms with Crippen LogP contribution in [0.1, 0.15) is 17.5 Å². The van der Waals surface area contributed by atoms with Gasteiger partial charge in [0.05, 0.1) is 13.0 Å². The fourth-order valence-corrected chi connectivity index (χ4v) is 4.66. The third-order valence-corrected chi connectivity index (χ3v) is 7.01. The van der Waals surface area contributed by atoms with Gasteiger partial charge in [-0.05, 0) is 21.9 Å². The first-order valence-corrected chi connectivity index (χ1v) is 15.7. The Morgan fingerprint density at radius 2 is 1.53 bits per heavy atom. The molecule has 0 aliphatic heterocycles. The summed E-state index contributed by atoms with van der Waals surface area (Å²) in [5, 5.41) is 21.6. The largest absolute Gasteiger partial charge is 0.481 e. The Hall–Kier alpha value is -5.24. The summed E-state index contributed by atoms with van der Waals surface area (Å²) in [7, 11) is -3.37. The summed E-state index contributed by atoms with van der Waals surface area (Å²) < 4.78 is 27.5. The molecule has 14 heteroatoms. The number of hydrogen-bond acceptors (Lipinski definition) is 8. The molecule has 0 spiro atoms. The van der Waals surface area contributed by atoms with Gasteiger partial charge in [0, 0.05) is 24.6 Å². The minimum Gasteiger partial charge on any atom is -0.481 e. The van der Waals surface area contributed by atoms with Gasteiger partial charge in [-0.15, -0.1) is 0 Å². The molecule has 0 saturated carbocycles. The van der Waals surface area contributed by atoms with Gasteiger partial charge in [0.1, 0.15) is 18.7 Å². The van der Waals surface area contributed by atoms with Gasteiger partial charge in [0.2, 0.25) is 17.7 Å². The van der Waals surface area contributed by atoms with Crippen LogP contribution in [0.2, 0.25) is 0 Å². The number of amides is 4. The van der Waals surface area contributed by atoms with Crippen LogP contribution in [0.3, 0.4) is 0 Å². The average molecular weight is 639 g/mol. The lowest BCUT2D eigenvalue weighted by atomic mass is 9.98. The van der Waals surface area contributed by atoms with Gasteiger partial charge in [-0.3, -0.25) is 19.2 Å². The smallest absolute Gasteiger partial charge is 0.408 e. The van der Waals surface area contributed by atoms with E-state index in [0.29, 0.717) is 11.1 Å². The monoisotopic (exact) mass is 638 g/mol. The molecule has 0 heterocycles. The Kier molecular flexibility index (Phi) is 12.6. The highest BCUT2D eigenvalue weighted by Gasteiger charge is 2.29. The maximum atomic E-state index is 13.3. The predicted molar refractivity (Wildman–Crippen MR) is 165 cm³/mol. The van der Waals surface area contributed by atoms with Crippen LogP contribution in [0.5, 0.6) is 0 Å². The summed E-state index contributed by atoms with van der Waals surface area (Å²) in [6.45, 7) is -0.705. The molecule has 3 aromatic carbocycles. The number of carboxylic acid groups (broad SMARTS) is 1. The fraction of sp³-hybridized carbons (Fsp3) is 0.258. The zero-order valence-electron chi connectivity index (χ0n) is 24.4. The number of hydrogen-bond donors (Lipinski definition) is 5. The number of ether oxygens (including phenoxy) is 1. The van der Waals surface area contributed by atoms with E-state index in [-0.39, 0.29) is 19.6 Å². The molecule has 0 aromatic heterocycles. The molecule has 45 heavy (non-hydrogen) atoms. The molecule has 3 aromatic rings. The molecule has 0 aliphatic carbocycles. The molecule has 5 N–H and O–H groups in total. The molecule has 0 aliphatic rings. The number of fused-ring (bicyclic) bond motifs is 1. The Morgan fingerprint density at radius 3 is 2.24 bits per heavy atom. The second kappa shape index (κ2) is 16.6. The van der Waals surface area contributed by atoms with Crippen molar-refractivity contribution >= 4 is 50.4 Å². The zero-order chi connectivity index (χ0) is 32.8. The lowest BCUT2D eigenvalue weighted by Gasteiger charge is -2.23. The van der Waals surface area contributed by atoms with Gasteiger partial charge in [0.25, 0.3) is 0 Å². The van der Waals surface area contributed by atoms with E-state index in [0.717, 1.165) is 22.4 Å². The number of carbonyl (C=O) groups is 5. The van der Waals surface area contributed by atoms with Gasteiger partial charge in [-0.1, -0.05) is 78.9 Å². The average Bonchev–Trinajstić information content (AvgIpc) is 3.00. The number of aliphatic carboxylic acids is 1. The highest BCUT2D eigenvalue weighted by molar-refractivity contribution is 7.93. The normalized spacial score (nSPS) is 12.6. The van der Waals surface area contributed by atoms with E-state index in [1.807, 2.05) is 30.3 Å². The predicted octanol–water partition coefficient (Wildman–Crippen LogP) is 1.43. The van der Waals surface area contributed by atoms with Crippen molar-refractivity contribution in [2.24, 2.45) is 0 Å². The van der Waals surface area contributed by atoms with Gasteiger partial charge < -0.3 is 31.1 Å². The summed E-state index contributed by atoms with van der Waals surface area (Å²) in [6.07, 6.45) is 0.379. The number of carboxylic acids is 1. The SMILES string of the molecule is CS(=O)(=O)/C=C/CNC(=O)CNC(=O)[C@H](Cc1cccc2ccccc12)NC(=O)[C@H](CC(=O)O)NC(=O)OCc1ccccc1. The minimum atomic E-state index is -3.37. The molecule has 0 radical (unpaired) electrons. The summed E-state index contributed by atoms with van der Waals surface area (Å²) in [6, 6.07) is 18.7. The van der Waals surface area contributed by atoms with E-state index in [2.05, 4.69) is 21.3 Å². The van der Waals surface area contributed by atoms with Crippen LogP contribution in [0, 0.1) is 0 Å². The van der Waals surface area contributed by atoms with Crippen LogP contribution in [0.25, 0.3) is 10.8 Å². The number of sulfone groups is 1. The Bertz CT molecular complexity index is 1650. The summed E-state index contributed by atoms with van der Waals surface area (Å²) in [5.41, 5.74) is 1.36. The maximum absolute atomic E-state index is 13.3. The van der Waals surface area contributed by atoms with Gasteiger partial charge in [-0.2, -0.15) is 0 Å². The molecular weight excluding hydrogens is 604 g/mol. The molecule has 238 valence electrons. The van der Waals surface area contributed by atoms with E-state index < -0.39 is 64.7 Å². The van der Waals surface area contributed by atoms with Crippen molar-refractivity contribution in [1.29, 1.82) is 0 Å². The number of nitrogens with one attached hydrogen (secondary N) is 4. The van der Waals surface area contributed by atoms with Gasteiger partial charge >= 0.3 is 12.1 Å². The maximum Gasteiger partial charge on any atom is 0.408 e. The summed E-state index contributed by atoms with van der Waals surface area (Å²) in [5.74, 6) is -3.71. The van der Waals surface area contributed by atoms with Crippen molar-refractivity contribution in [3.8, 4) is 0 Å². The lowest BCUT2D eigenvalue weighted by Crippen LogP contribution is -2.55. The van der Waals surface area contributed by atoms with Crippen molar-refractivity contribution in [3.63, 3.8) is 0 Å². The number of carbonyl (C=O) groups excluding carboxylic acids is 4. The summed E-state index contributed by atoms with van der Waals surface area (Å²) in [4.78, 5) is 62.8. The van der Waals surface area contributed by atoms with E-state index in [9.17, 15) is 37.5 Å². The van der Waals surface area contributed by atoms with Crippen LogP contribution in [0.4, 0.5) is 4.79 Å². The highest BCUT2D eigenvalue weighted by atomic mass is 32.2. The van der Waals surface area contributed by atoms with Crippen LogP contribution >= 0.6 is 0 Å². The molecular formula is C31H34N4O9S. The molecule has 0 saturated heterocycles. The molecule has 4 amide bonds. The van der Waals surface area contributed by atoms with Crippen LogP contribution < -0.4 is 21.3 Å². The highest BCUT2D eigenvalue weighted by Crippen LogP contribution is 2.20. The third-order valence-electron chi connectivity index (χ3n) is 6.32. The lowest BCUT2D eigenvalue weighted by molar-refractivity contribution is -0.140. The summed E-state index contributed by atoms with van der Waals surface area (Å²) >= 11 is 0. The first-order chi connectivity index (χ1) is 21.4. The van der Waals surface area contributed by atoms with E-state index in [1.165, 1.54) is 6.08 Å². The van der Waals surface area contributed by atoms with E-state index >= 15 is 0 Å². The van der Waals surface area contributed by atoms with Crippen molar-refractivity contribution in [3.05, 3.63) is 95.4 Å². The van der Waals surface area contributed by atoms with Gasteiger partial charge in [0.15, 0.2) is 9.84 Å². The molecule has 0 fully saturated rings. The Balaban J connectivity index is 1.74. The Morgan fingerprint density at radius 1 is 0.844 bits per heavy atom. The second-order valence-corrected chi connectivity index (χ2v) is 11.9. The standard InChI is InChI=1S/C31H34N4O9S/c1-45(42,43)16-8-15-32-27(36)19-33-29(39)25(17-23-13-7-12-22-11-5-6-14-24(22)23)34-30(40)26(18-28(37)38)35-31(41)44-20-21-9-3-2-4-10-21/h2-14,16,25-26H,15,17-20H2,1H3,(H,32,36)(H,33,39)(H,34,40)(H,35,41)(H,37,38)/b16-8+/t25-,26-/m0/s1. The number of alkyl carbamates (subject to hydrolysis) is 1. The fourth-order valence-electron chi connectivity index (χ4n) is 4.21. The second-order valence-electron chi connectivity index (χ2n) is 9.98. The number of benzene rings is 3. The van der Waals surface area contributed by atoms with Crippen molar-refractivity contribution in [1.82, 2.24) is 21.3 Å². The van der Waals surface area contributed by atoms with Gasteiger partial charge in [-0.25, -0.2) is 13.2 Å². The topological polar surface area (TPSA) is 197 Å². The number of rotatable bonds is 15. The first-order valence-electron chi connectivity index (χ1n) is 13.8. The van der Waals surface area contributed by atoms with Crippen molar-refractivity contribution in [2.45, 2.75) is 31.5 Å². The quantitative estimate of drug-likeness (QED) is 0.164. The third kappa shape index (κ3) is 12.1. The van der Waals surface area contributed by atoms with Crippen LogP contribution in [-0.2, 0) is 46.8 Å². The molecule has 2 atom stereocenters. The molecule has 13 nitrogen and oxygen atoms in total. The minimum absolute atomic E-state index is 0.0319. The van der Waals surface area contributed by atoms with Crippen molar-refractivity contribution < 1.29 is 42.2 Å². The zero-order valence-corrected chi connectivity index (χ0v) is 25.2. The molecule has 0 unspecified atom stereocenters. The Labute approximate surface area is 259 Å². The first kappa shape index (κ1) is 34.3. The van der Waals surface area contributed by atoms with E-state index in [4.69, 9.17) is 4.74 Å². The van der Waals surface area contributed by atoms with Crippen LogP contribution in [-0.4, -0.2) is 74.7 Å². The van der Waals surface area contributed by atoms with Crippen LogP contribution in [0.15, 0.2) is 84.3 Å². The van der Waals surface area contributed by atoms with Crippen molar-refractivity contribution in [2.75, 3.05) is 19.3 Å².